The molecular formula is C8H13BrF2. The minimum Gasteiger partial charge on any atom is -0.206 e. The van der Waals surface area contributed by atoms with Gasteiger partial charge in [-0.1, -0.05) is 35.2 Å². The zero-order valence-electron chi connectivity index (χ0n) is 6.45. The summed E-state index contributed by atoms with van der Waals surface area (Å²) in [4.78, 5) is 0. The molecule has 0 aromatic rings. The molecule has 0 radical (unpaired) electrons. The van der Waals surface area contributed by atoms with Crippen molar-refractivity contribution in [3.63, 3.8) is 0 Å². The fraction of sp³-hybridized carbons (Fsp3) is 1.00. The van der Waals surface area contributed by atoms with Crippen molar-refractivity contribution < 1.29 is 8.78 Å². The molecule has 0 heterocycles. The quantitative estimate of drug-likeness (QED) is 0.632. The van der Waals surface area contributed by atoms with E-state index in [9.17, 15) is 8.78 Å². The van der Waals surface area contributed by atoms with E-state index in [1.54, 1.807) is 0 Å². The van der Waals surface area contributed by atoms with E-state index < -0.39 is 5.92 Å². The van der Waals surface area contributed by atoms with Crippen LogP contribution in [-0.2, 0) is 0 Å². The van der Waals surface area contributed by atoms with Gasteiger partial charge in [-0.05, 0) is 12.8 Å². The zero-order chi connectivity index (χ0) is 8.32. The highest BCUT2D eigenvalue weighted by molar-refractivity contribution is 9.09. The minimum atomic E-state index is -2.47. The van der Waals surface area contributed by atoms with Crippen LogP contribution in [0.4, 0.5) is 8.78 Å². The van der Waals surface area contributed by atoms with Crippen molar-refractivity contribution in [2.75, 3.05) is 5.33 Å². The van der Waals surface area contributed by atoms with Crippen LogP contribution in [0.1, 0.15) is 32.1 Å². The Kier molecular flexibility index (Phi) is 3.29. The van der Waals surface area contributed by atoms with Crippen molar-refractivity contribution in [3.05, 3.63) is 0 Å². The molecular weight excluding hydrogens is 214 g/mol. The van der Waals surface area contributed by atoms with Gasteiger partial charge in [0.2, 0.25) is 0 Å². The summed E-state index contributed by atoms with van der Waals surface area (Å²) in [7, 11) is 0. The summed E-state index contributed by atoms with van der Waals surface area (Å²) < 4.78 is 26.0. The first-order chi connectivity index (χ1) is 5.17. The first-order valence-corrected chi connectivity index (χ1v) is 5.23. The molecule has 1 fully saturated rings. The highest BCUT2D eigenvalue weighted by Gasteiger charge is 2.38. The average molecular weight is 227 g/mol. The second kappa shape index (κ2) is 3.83. The van der Waals surface area contributed by atoms with Crippen LogP contribution in [0.15, 0.2) is 0 Å². The monoisotopic (exact) mass is 226 g/mol. The summed E-state index contributed by atoms with van der Waals surface area (Å²) in [6, 6.07) is 0. The number of rotatable bonds is 2. The Hall–Kier alpha value is 0.340. The molecule has 0 aromatic carbocycles. The van der Waals surface area contributed by atoms with Gasteiger partial charge in [-0.15, -0.1) is 0 Å². The van der Waals surface area contributed by atoms with Crippen LogP contribution in [0.2, 0.25) is 0 Å². The number of hydrogen-bond acceptors (Lipinski definition) is 0. The first kappa shape index (κ1) is 9.43. The zero-order valence-corrected chi connectivity index (χ0v) is 8.04. The largest absolute Gasteiger partial charge is 0.260 e. The van der Waals surface area contributed by atoms with Gasteiger partial charge < -0.3 is 0 Å². The third kappa shape index (κ3) is 2.39. The third-order valence-corrected chi connectivity index (χ3v) is 3.13. The molecule has 0 spiro atoms. The van der Waals surface area contributed by atoms with Gasteiger partial charge in [-0.25, -0.2) is 8.78 Å². The fourth-order valence-electron chi connectivity index (χ4n) is 1.63. The van der Waals surface area contributed by atoms with Crippen molar-refractivity contribution in [2.24, 2.45) is 5.92 Å². The molecule has 1 aliphatic rings. The Labute approximate surface area is 74.5 Å². The number of hydrogen-bond donors (Lipinski definition) is 0. The molecule has 0 saturated heterocycles. The van der Waals surface area contributed by atoms with Gasteiger partial charge in [0.05, 0.1) is 5.33 Å². The molecule has 1 saturated carbocycles. The molecule has 0 N–H and O–H groups in total. The molecule has 0 nitrogen and oxygen atoms in total. The summed E-state index contributed by atoms with van der Waals surface area (Å²) in [5.74, 6) is -2.84. The van der Waals surface area contributed by atoms with Gasteiger partial charge in [0.15, 0.2) is 0 Å². The summed E-state index contributed by atoms with van der Waals surface area (Å²) in [5.41, 5.74) is 0. The average Bonchev–Trinajstić information content (AvgIpc) is 2.06. The Morgan fingerprint density at radius 2 is 1.73 bits per heavy atom. The first-order valence-electron chi connectivity index (χ1n) is 4.10. The summed E-state index contributed by atoms with van der Waals surface area (Å²) in [6.45, 7) is 0. The number of alkyl halides is 3. The van der Waals surface area contributed by atoms with E-state index in [0.717, 1.165) is 19.3 Å². The molecule has 3 heteroatoms. The van der Waals surface area contributed by atoms with E-state index >= 15 is 0 Å². The van der Waals surface area contributed by atoms with Gasteiger partial charge in [0.1, 0.15) is 0 Å². The van der Waals surface area contributed by atoms with E-state index in [1.165, 1.54) is 0 Å². The molecule has 0 amide bonds. The lowest BCUT2D eigenvalue weighted by Crippen LogP contribution is -2.31. The summed E-state index contributed by atoms with van der Waals surface area (Å²) >= 11 is 2.86. The highest BCUT2D eigenvalue weighted by Crippen LogP contribution is 2.37. The predicted octanol–water partition coefficient (Wildman–Crippen LogP) is 3.60. The van der Waals surface area contributed by atoms with Gasteiger partial charge in [0, 0.05) is 5.92 Å². The fourth-order valence-corrected chi connectivity index (χ4v) is 2.09. The summed E-state index contributed by atoms with van der Waals surface area (Å²) in [5, 5.41) is -0.176. The van der Waals surface area contributed by atoms with E-state index in [1.807, 2.05) is 0 Å². The molecule has 0 bridgehead atoms. The minimum absolute atomic E-state index is 0.176. The van der Waals surface area contributed by atoms with Gasteiger partial charge in [-0.3, -0.25) is 0 Å². The van der Waals surface area contributed by atoms with Gasteiger partial charge >= 0.3 is 0 Å². The van der Waals surface area contributed by atoms with E-state index in [2.05, 4.69) is 15.9 Å². The van der Waals surface area contributed by atoms with E-state index in [0.29, 0.717) is 12.8 Å². The Morgan fingerprint density at radius 3 is 2.18 bits per heavy atom. The van der Waals surface area contributed by atoms with Crippen molar-refractivity contribution in [1.29, 1.82) is 0 Å². The molecule has 1 rings (SSSR count). The normalized spacial score (nSPS) is 22.1. The lowest BCUT2D eigenvalue weighted by Gasteiger charge is -2.28. The molecule has 0 aromatic heterocycles. The lowest BCUT2D eigenvalue weighted by atomic mass is 9.85. The second-order valence-corrected chi connectivity index (χ2v) is 3.79. The molecule has 0 atom stereocenters. The summed E-state index contributed by atoms with van der Waals surface area (Å²) in [6.07, 6.45) is 4.51. The lowest BCUT2D eigenvalue weighted by molar-refractivity contribution is -0.0470. The highest BCUT2D eigenvalue weighted by atomic mass is 79.9. The van der Waals surface area contributed by atoms with E-state index in [4.69, 9.17) is 0 Å². The van der Waals surface area contributed by atoms with Crippen LogP contribution >= 0.6 is 15.9 Å². The van der Waals surface area contributed by atoms with Crippen LogP contribution in [0.3, 0.4) is 0 Å². The van der Waals surface area contributed by atoms with Crippen LogP contribution in [-0.4, -0.2) is 11.3 Å². The van der Waals surface area contributed by atoms with Gasteiger partial charge in [0.25, 0.3) is 5.92 Å². The predicted molar refractivity (Wildman–Crippen MR) is 45.3 cm³/mol. The maximum absolute atomic E-state index is 13.0. The van der Waals surface area contributed by atoms with Crippen LogP contribution in [0.5, 0.6) is 0 Å². The standard InChI is InChI=1S/C8H13BrF2/c9-6-8(10,11)7-4-2-1-3-5-7/h7H,1-6H2. The maximum atomic E-state index is 13.0. The van der Waals surface area contributed by atoms with Crippen LogP contribution in [0.25, 0.3) is 0 Å². The second-order valence-electron chi connectivity index (χ2n) is 3.23. The number of halogens is 3. The van der Waals surface area contributed by atoms with Crippen molar-refractivity contribution in [1.82, 2.24) is 0 Å². The molecule has 0 aliphatic heterocycles. The Bertz CT molecular complexity index is 119. The van der Waals surface area contributed by atoms with Crippen molar-refractivity contribution in [2.45, 2.75) is 38.0 Å². The molecule has 1 aliphatic carbocycles. The molecule has 66 valence electrons. The smallest absolute Gasteiger partial charge is 0.206 e. The molecule has 11 heavy (non-hydrogen) atoms. The van der Waals surface area contributed by atoms with Crippen molar-refractivity contribution in [3.8, 4) is 0 Å². The van der Waals surface area contributed by atoms with Crippen molar-refractivity contribution >= 4 is 15.9 Å². The van der Waals surface area contributed by atoms with Crippen LogP contribution in [0, 0.1) is 5.92 Å². The Balaban J connectivity index is 2.43. The van der Waals surface area contributed by atoms with E-state index in [-0.39, 0.29) is 11.2 Å². The topological polar surface area (TPSA) is 0 Å². The van der Waals surface area contributed by atoms with Gasteiger partial charge in [-0.2, -0.15) is 0 Å². The van der Waals surface area contributed by atoms with Crippen LogP contribution < -0.4 is 0 Å². The maximum Gasteiger partial charge on any atom is 0.260 e. The third-order valence-electron chi connectivity index (χ3n) is 2.38. The SMILES string of the molecule is FC(F)(CBr)C1CCCCC1. The Morgan fingerprint density at radius 1 is 1.18 bits per heavy atom. The molecule has 0 unspecified atom stereocenters.